The number of nitrogens with zero attached hydrogens (tertiary/aromatic N) is 5. The molecule has 3 aromatic carbocycles. The Morgan fingerprint density at radius 3 is 2.00 bits per heavy atom. The Bertz CT molecular complexity index is 2230. The molecule has 1 N–H and O–H groups in total. The minimum Gasteiger partial charge on any atom is -0.469 e. The molecule has 1 atom stereocenters. The molecule has 0 aliphatic carbocycles. The van der Waals surface area contributed by atoms with Crippen LogP contribution in [0.15, 0.2) is 126 Å². The SMILES string of the molecule is COC(=O)CC(Nc1nc(-c2cn(C(c3ccccc3)(c3ccccc3)c3ccccc3)c3ncc(Cl)nc23)nc(-c2ccco2)c1F)C(C)(C)C. The molecule has 0 radical (unpaired) electrons. The number of halogens is 2. The molecule has 11 heteroatoms. The fourth-order valence-corrected chi connectivity index (χ4v) is 6.71. The molecule has 7 aromatic rings. The summed E-state index contributed by atoms with van der Waals surface area (Å²) in [5.74, 6) is -0.955. The number of ether oxygens (including phenoxy) is 1. The highest BCUT2D eigenvalue weighted by Crippen LogP contribution is 2.45. The molecule has 0 aliphatic rings. The molecule has 0 fully saturated rings. The van der Waals surface area contributed by atoms with Crippen LogP contribution in [0.4, 0.5) is 10.2 Å². The Hall–Kier alpha value is -5.87. The summed E-state index contributed by atoms with van der Waals surface area (Å²) in [6.45, 7) is 5.84. The second-order valence-electron chi connectivity index (χ2n) is 13.5. The molecule has 4 heterocycles. The minimum atomic E-state index is -0.967. The maximum atomic E-state index is 16.5. The fourth-order valence-electron chi connectivity index (χ4n) is 6.57. The quantitative estimate of drug-likeness (QED) is 0.110. The largest absolute Gasteiger partial charge is 0.469 e. The second-order valence-corrected chi connectivity index (χ2v) is 13.9. The number of hydrogen-bond acceptors (Lipinski definition) is 8. The number of carbonyl (C=O) groups excluding carboxylic acids is 1. The van der Waals surface area contributed by atoms with Gasteiger partial charge in [0.2, 0.25) is 0 Å². The number of esters is 1. The Labute approximate surface area is 305 Å². The van der Waals surface area contributed by atoms with Gasteiger partial charge in [-0.15, -0.1) is 0 Å². The number of furan rings is 1. The highest BCUT2D eigenvalue weighted by atomic mass is 35.5. The van der Waals surface area contributed by atoms with Crippen LogP contribution >= 0.6 is 11.6 Å². The highest BCUT2D eigenvalue weighted by Gasteiger charge is 2.41. The number of anilines is 1. The van der Waals surface area contributed by atoms with Crippen LogP contribution < -0.4 is 5.32 Å². The van der Waals surface area contributed by atoms with Crippen molar-refractivity contribution in [3.05, 3.63) is 149 Å². The molecule has 0 amide bonds. The molecule has 0 spiro atoms. The lowest BCUT2D eigenvalue weighted by atomic mass is 9.76. The summed E-state index contributed by atoms with van der Waals surface area (Å²) in [6.07, 6.45) is 4.82. The molecular formula is C41H36ClFN6O3. The van der Waals surface area contributed by atoms with Crippen LogP contribution in [-0.2, 0) is 15.1 Å². The fraction of sp³-hybridized carbons (Fsp3) is 0.195. The average molecular weight is 715 g/mol. The molecule has 0 aliphatic heterocycles. The van der Waals surface area contributed by atoms with Gasteiger partial charge < -0.3 is 19.0 Å². The first-order chi connectivity index (χ1) is 25.1. The van der Waals surface area contributed by atoms with E-state index in [-0.39, 0.29) is 34.7 Å². The third-order valence-corrected chi connectivity index (χ3v) is 9.38. The summed E-state index contributed by atoms with van der Waals surface area (Å²) in [6, 6.07) is 33.1. The average Bonchev–Trinajstić information content (AvgIpc) is 3.83. The second kappa shape index (κ2) is 14.0. The van der Waals surface area contributed by atoms with Crippen molar-refractivity contribution in [2.24, 2.45) is 5.41 Å². The van der Waals surface area contributed by atoms with Gasteiger partial charge in [0.1, 0.15) is 21.9 Å². The molecule has 0 saturated carbocycles. The summed E-state index contributed by atoms with van der Waals surface area (Å²) in [7, 11) is 1.32. The Kier molecular flexibility index (Phi) is 9.33. The Balaban J connectivity index is 1.54. The van der Waals surface area contributed by atoms with Crippen molar-refractivity contribution in [2.45, 2.75) is 38.8 Å². The van der Waals surface area contributed by atoms with Gasteiger partial charge in [0, 0.05) is 12.2 Å². The third kappa shape index (κ3) is 6.30. The summed E-state index contributed by atoms with van der Waals surface area (Å²) in [5.41, 5.74) is 2.71. The molecule has 0 bridgehead atoms. The first-order valence-electron chi connectivity index (χ1n) is 16.8. The van der Waals surface area contributed by atoms with Crippen LogP contribution in [0.25, 0.3) is 34.0 Å². The van der Waals surface area contributed by atoms with E-state index in [1.54, 1.807) is 12.1 Å². The van der Waals surface area contributed by atoms with E-state index in [0.717, 1.165) is 16.7 Å². The van der Waals surface area contributed by atoms with Gasteiger partial charge in [0.05, 0.1) is 31.6 Å². The lowest BCUT2D eigenvalue weighted by Crippen LogP contribution is -2.37. The number of benzene rings is 3. The van der Waals surface area contributed by atoms with E-state index in [1.807, 2.05) is 81.6 Å². The van der Waals surface area contributed by atoms with Gasteiger partial charge in [-0.1, -0.05) is 123 Å². The molecule has 52 heavy (non-hydrogen) atoms. The van der Waals surface area contributed by atoms with Crippen LogP contribution in [0.1, 0.15) is 43.9 Å². The van der Waals surface area contributed by atoms with Gasteiger partial charge in [-0.05, 0) is 34.2 Å². The first-order valence-corrected chi connectivity index (χ1v) is 17.1. The Morgan fingerprint density at radius 2 is 1.48 bits per heavy atom. The predicted octanol–water partition coefficient (Wildman–Crippen LogP) is 9.17. The first kappa shape index (κ1) is 34.6. The minimum absolute atomic E-state index is 0.0248. The van der Waals surface area contributed by atoms with Crippen LogP contribution in [0.2, 0.25) is 5.15 Å². The lowest BCUT2D eigenvalue weighted by molar-refractivity contribution is -0.141. The number of methoxy groups -OCH3 is 1. The van der Waals surface area contributed by atoms with Crippen molar-refractivity contribution in [3.63, 3.8) is 0 Å². The normalized spacial score (nSPS) is 12.5. The van der Waals surface area contributed by atoms with E-state index in [1.165, 1.54) is 19.6 Å². The van der Waals surface area contributed by atoms with Crippen molar-refractivity contribution in [2.75, 3.05) is 12.4 Å². The van der Waals surface area contributed by atoms with Crippen LogP contribution in [0.5, 0.6) is 0 Å². The zero-order chi connectivity index (χ0) is 36.5. The number of fused-ring (bicyclic) bond motifs is 1. The maximum absolute atomic E-state index is 16.5. The van der Waals surface area contributed by atoms with E-state index in [9.17, 15) is 4.79 Å². The maximum Gasteiger partial charge on any atom is 0.307 e. The monoisotopic (exact) mass is 714 g/mol. The van der Waals surface area contributed by atoms with Gasteiger partial charge in [0.15, 0.2) is 28.9 Å². The molecule has 7 rings (SSSR count). The van der Waals surface area contributed by atoms with Crippen LogP contribution in [-0.4, -0.2) is 43.6 Å². The summed E-state index contributed by atoms with van der Waals surface area (Å²) in [4.78, 5) is 31.6. The molecule has 262 valence electrons. The number of aromatic nitrogens is 5. The summed E-state index contributed by atoms with van der Waals surface area (Å²) in [5, 5.41) is 3.36. The Morgan fingerprint density at radius 1 is 0.885 bits per heavy atom. The van der Waals surface area contributed by atoms with E-state index < -0.39 is 28.8 Å². The molecular weight excluding hydrogens is 679 g/mol. The summed E-state index contributed by atoms with van der Waals surface area (Å²) >= 11 is 6.55. The van der Waals surface area contributed by atoms with E-state index in [0.29, 0.717) is 16.7 Å². The zero-order valence-electron chi connectivity index (χ0n) is 29.0. The van der Waals surface area contributed by atoms with E-state index in [2.05, 4.69) is 46.3 Å². The van der Waals surface area contributed by atoms with Crippen LogP contribution in [0.3, 0.4) is 0 Å². The van der Waals surface area contributed by atoms with E-state index in [4.69, 9.17) is 40.7 Å². The molecule has 4 aromatic heterocycles. The summed E-state index contributed by atoms with van der Waals surface area (Å²) < 4.78 is 29.2. The number of hydrogen-bond donors (Lipinski definition) is 1. The smallest absolute Gasteiger partial charge is 0.307 e. The van der Waals surface area contributed by atoms with Gasteiger partial charge in [0.25, 0.3) is 0 Å². The number of carbonyl (C=O) groups is 1. The van der Waals surface area contributed by atoms with Crippen molar-refractivity contribution in [1.29, 1.82) is 0 Å². The van der Waals surface area contributed by atoms with Crippen molar-refractivity contribution >= 4 is 34.6 Å². The molecule has 0 saturated heterocycles. The standard InChI is InChI=1S/C41H36ClFN6O3/c1-40(2,3)31(23-33(50)51-4)45-38-34(43)36(30-21-14-22-52-30)47-37(48-38)29-25-49(39-35(29)46-32(42)24-44-39)41(26-15-8-5-9-16-26,27-17-10-6-11-18-27)28-19-12-7-13-20-28/h5-22,24-25,31H,23H2,1-4H3,(H,45,47,48). The van der Waals surface area contributed by atoms with Crippen molar-refractivity contribution in [3.8, 4) is 22.8 Å². The lowest BCUT2D eigenvalue weighted by Gasteiger charge is -2.38. The predicted molar refractivity (Wildman–Crippen MR) is 199 cm³/mol. The third-order valence-electron chi connectivity index (χ3n) is 9.20. The zero-order valence-corrected chi connectivity index (χ0v) is 29.8. The number of rotatable bonds is 10. The van der Waals surface area contributed by atoms with Gasteiger partial charge in [-0.2, -0.15) is 0 Å². The van der Waals surface area contributed by atoms with Crippen LogP contribution in [0, 0.1) is 11.2 Å². The van der Waals surface area contributed by atoms with Gasteiger partial charge in [-0.25, -0.2) is 24.3 Å². The topological polar surface area (TPSA) is 108 Å². The van der Waals surface area contributed by atoms with E-state index >= 15 is 4.39 Å². The number of nitrogens with one attached hydrogen (secondary N) is 1. The molecule has 1 unspecified atom stereocenters. The van der Waals surface area contributed by atoms with Crippen molar-refractivity contribution in [1.82, 2.24) is 24.5 Å². The highest BCUT2D eigenvalue weighted by molar-refractivity contribution is 6.29. The van der Waals surface area contributed by atoms with Gasteiger partial charge >= 0.3 is 5.97 Å². The molecule has 9 nitrogen and oxygen atoms in total. The van der Waals surface area contributed by atoms with Gasteiger partial charge in [-0.3, -0.25) is 4.79 Å². The van der Waals surface area contributed by atoms with Crippen molar-refractivity contribution < 1.29 is 18.3 Å².